The summed E-state index contributed by atoms with van der Waals surface area (Å²) >= 11 is 0. The quantitative estimate of drug-likeness (QED) is 0.481. The van der Waals surface area contributed by atoms with Gasteiger partial charge in [0.1, 0.15) is 5.75 Å². The summed E-state index contributed by atoms with van der Waals surface area (Å²) in [5, 5.41) is 22.0. The molecule has 0 unspecified atom stereocenters. The molecule has 116 valence electrons. The molecule has 0 aromatic heterocycles. The molecule has 0 aliphatic rings. The Bertz CT molecular complexity index is 709. The van der Waals surface area contributed by atoms with E-state index in [2.05, 4.69) is 0 Å². The summed E-state index contributed by atoms with van der Waals surface area (Å²) in [5.41, 5.74) is -0.0598. The lowest BCUT2D eigenvalue weighted by molar-refractivity contribution is -0.384. The van der Waals surface area contributed by atoms with Crippen LogP contribution in [0, 0.1) is 10.1 Å². The molecule has 0 aliphatic carbocycles. The Hall–Kier alpha value is -2.56. The highest BCUT2D eigenvalue weighted by Gasteiger charge is 2.21. The van der Waals surface area contributed by atoms with E-state index in [1.807, 2.05) is 26.0 Å². The van der Waals surface area contributed by atoms with Crippen molar-refractivity contribution < 1.29 is 14.8 Å². The molecule has 22 heavy (non-hydrogen) atoms. The van der Waals surface area contributed by atoms with Crippen molar-refractivity contribution in [3.8, 4) is 11.5 Å². The van der Waals surface area contributed by atoms with Crippen molar-refractivity contribution in [3.63, 3.8) is 0 Å². The predicted octanol–water partition coefficient (Wildman–Crippen LogP) is 4.58. The summed E-state index contributed by atoms with van der Waals surface area (Å²) in [7, 11) is 0. The van der Waals surface area contributed by atoms with Crippen molar-refractivity contribution >= 4 is 16.5 Å². The molecule has 0 radical (unpaired) electrons. The standard InChI is InChI=1S/C17H19NO4/c1-3-4-5-6-12(2)22-16-10-7-13-11-14(19)8-9-15(13)17(16)18(20)21/h3-4,7-12,19H,5-6H2,1-2H3/t12-/m1/s1. The van der Waals surface area contributed by atoms with Gasteiger partial charge in [-0.05, 0) is 56.3 Å². The van der Waals surface area contributed by atoms with Crippen molar-refractivity contribution in [2.45, 2.75) is 32.8 Å². The summed E-state index contributed by atoms with van der Waals surface area (Å²) in [6.07, 6.45) is 5.54. The fourth-order valence-corrected chi connectivity index (χ4v) is 2.34. The molecule has 0 amide bonds. The molecule has 0 heterocycles. The molecule has 2 aromatic carbocycles. The predicted molar refractivity (Wildman–Crippen MR) is 86.4 cm³/mol. The largest absolute Gasteiger partial charge is 0.508 e. The summed E-state index contributed by atoms with van der Waals surface area (Å²) < 4.78 is 5.75. The van der Waals surface area contributed by atoms with E-state index < -0.39 is 4.92 Å². The van der Waals surface area contributed by atoms with Crippen molar-refractivity contribution in [2.75, 3.05) is 0 Å². The molecule has 0 saturated carbocycles. The third-order valence-corrected chi connectivity index (χ3v) is 3.42. The average Bonchev–Trinajstić information content (AvgIpc) is 2.47. The lowest BCUT2D eigenvalue weighted by Crippen LogP contribution is -2.12. The SMILES string of the molecule is CC=CCC[C@@H](C)Oc1ccc2cc(O)ccc2c1[N+](=O)[O-]. The number of nitro groups is 1. The zero-order chi connectivity index (χ0) is 16.1. The topological polar surface area (TPSA) is 72.6 Å². The van der Waals surface area contributed by atoms with Crippen LogP contribution in [0.4, 0.5) is 5.69 Å². The van der Waals surface area contributed by atoms with Crippen LogP contribution in [0.5, 0.6) is 11.5 Å². The first-order valence-electron chi connectivity index (χ1n) is 7.21. The van der Waals surface area contributed by atoms with E-state index >= 15 is 0 Å². The number of phenols is 1. The third-order valence-electron chi connectivity index (χ3n) is 3.42. The first-order chi connectivity index (χ1) is 10.5. The maximum absolute atomic E-state index is 11.4. The maximum Gasteiger partial charge on any atom is 0.318 e. The Morgan fingerprint density at radius 2 is 2.14 bits per heavy atom. The number of fused-ring (bicyclic) bond motifs is 1. The molecule has 0 aliphatic heterocycles. The van der Waals surface area contributed by atoms with Crippen LogP contribution in [0.3, 0.4) is 0 Å². The minimum Gasteiger partial charge on any atom is -0.508 e. The number of hydrogen-bond acceptors (Lipinski definition) is 4. The minimum absolute atomic E-state index is 0.0598. The van der Waals surface area contributed by atoms with E-state index in [4.69, 9.17) is 4.74 Å². The Kier molecular flexibility index (Phi) is 4.99. The number of ether oxygens (including phenoxy) is 1. The van der Waals surface area contributed by atoms with Crippen LogP contribution in [0.2, 0.25) is 0 Å². The number of nitrogens with zero attached hydrogens (tertiary/aromatic N) is 1. The highest BCUT2D eigenvalue weighted by Crippen LogP contribution is 2.37. The van der Waals surface area contributed by atoms with Crippen LogP contribution >= 0.6 is 0 Å². The number of nitro benzene ring substituents is 1. The van der Waals surface area contributed by atoms with Gasteiger partial charge in [0, 0.05) is 0 Å². The van der Waals surface area contributed by atoms with E-state index in [1.54, 1.807) is 18.2 Å². The molecule has 5 heteroatoms. The van der Waals surface area contributed by atoms with Crippen LogP contribution in [0.25, 0.3) is 10.8 Å². The van der Waals surface area contributed by atoms with E-state index in [0.717, 1.165) is 12.8 Å². The smallest absolute Gasteiger partial charge is 0.318 e. The molecule has 0 saturated heterocycles. The van der Waals surface area contributed by atoms with Gasteiger partial charge in [0.05, 0.1) is 16.4 Å². The average molecular weight is 301 g/mol. The first-order valence-corrected chi connectivity index (χ1v) is 7.21. The van der Waals surface area contributed by atoms with Gasteiger partial charge >= 0.3 is 5.69 Å². The highest BCUT2D eigenvalue weighted by molar-refractivity contribution is 5.94. The fourth-order valence-electron chi connectivity index (χ4n) is 2.34. The zero-order valence-electron chi connectivity index (χ0n) is 12.7. The molecule has 0 bridgehead atoms. The molecule has 1 N–H and O–H groups in total. The van der Waals surface area contributed by atoms with E-state index in [9.17, 15) is 15.2 Å². The van der Waals surface area contributed by atoms with E-state index in [0.29, 0.717) is 10.8 Å². The van der Waals surface area contributed by atoms with E-state index in [-0.39, 0.29) is 23.3 Å². The normalized spacial score (nSPS) is 12.6. The van der Waals surface area contributed by atoms with Gasteiger partial charge in [0.25, 0.3) is 0 Å². The summed E-state index contributed by atoms with van der Waals surface area (Å²) in [5.74, 6) is 0.339. The van der Waals surface area contributed by atoms with Crippen molar-refractivity contribution in [1.29, 1.82) is 0 Å². The number of rotatable bonds is 6. The zero-order valence-corrected chi connectivity index (χ0v) is 12.7. The van der Waals surface area contributed by atoms with Crippen LogP contribution in [0.15, 0.2) is 42.5 Å². The second-order valence-electron chi connectivity index (χ2n) is 5.15. The van der Waals surface area contributed by atoms with Crippen LogP contribution in [-0.4, -0.2) is 16.1 Å². The number of aromatic hydroxyl groups is 1. The summed E-state index contributed by atoms with van der Waals surface area (Å²) in [6.45, 7) is 3.85. The molecule has 2 rings (SSSR count). The lowest BCUT2D eigenvalue weighted by Gasteiger charge is -2.14. The molecule has 1 atom stereocenters. The Balaban J connectivity index is 2.35. The number of allylic oxidation sites excluding steroid dienone is 2. The van der Waals surface area contributed by atoms with Crippen molar-refractivity contribution in [1.82, 2.24) is 0 Å². The first kappa shape index (κ1) is 15.8. The lowest BCUT2D eigenvalue weighted by atomic mass is 10.1. The van der Waals surface area contributed by atoms with Gasteiger partial charge in [0.15, 0.2) is 5.75 Å². The van der Waals surface area contributed by atoms with Crippen LogP contribution < -0.4 is 4.74 Å². The molecular formula is C17H19NO4. The molecule has 2 aromatic rings. The van der Waals surface area contributed by atoms with Gasteiger partial charge in [-0.1, -0.05) is 18.2 Å². The third kappa shape index (κ3) is 3.55. The number of phenolic OH excluding ortho intramolecular Hbond substituents is 1. The van der Waals surface area contributed by atoms with Crippen LogP contribution in [-0.2, 0) is 0 Å². The second-order valence-corrected chi connectivity index (χ2v) is 5.15. The van der Waals surface area contributed by atoms with E-state index in [1.165, 1.54) is 12.1 Å². The van der Waals surface area contributed by atoms with Crippen molar-refractivity contribution in [3.05, 3.63) is 52.6 Å². The van der Waals surface area contributed by atoms with Gasteiger partial charge in [0.2, 0.25) is 0 Å². The minimum atomic E-state index is -0.437. The summed E-state index contributed by atoms with van der Waals surface area (Å²) in [6, 6.07) is 7.79. The Labute approximate surface area is 129 Å². The van der Waals surface area contributed by atoms with Crippen molar-refractivity contribution in [2.24, 2.45) is 0 Å². The monoisotopic (exact) mass is 301 g/mol. The Morgan fingerprint density at radius 1 is 1.36 bits per heavy atom. The van der Waals surface area contributed by atoms with Gasteiger partial charge < -0.3 is 9.84 Å². The second kappa shape index (κ2) is 6.93. The molecule has 5 nitrogen and oxygen atoms in total. The molecule has 0 fully saturated rings. The summed E-state index contributed by atoms with van der Waals surface area (Å²) in [4.78, 5) is 11.0. The van der Waals surface area contributed by atoms with Crippen LogP contribution in [0.1, 0.15) is 26.7 Å². The fraction of sp³-hybridized carbons (Fsp3) is 0.294. The number of benzene rings is 2. The maximum atomic E-state index is 11.4. The van der Waals surface area contributed by atoms with Gasteiger partial charge in [-0.25, -0.2) is 0 Å². The molecular weight excluding hydrogens is 282 g/mol. The van der Waals surface area contributed by atoms with Gasteiger partial charge in [-0.2, -0.15) is 0 Å². The number of hydrogen-bond donors (Lipinski definition) is 1. The highest BCUT2D eigenvalue weighted by atomic mass is 16.6. The molecule has 0 spiro atoms. The Morgan fingerprint density at radius 3 is 2.82 bits per heavy atom. The van der Waals surface area contributed by atoms with Gasteiger partial charge in [-0.15, -0.1) is 0 Å². The van der Waals surface area contributed by atoms with Gasteiger partial charge in [-0.3, -0.25) is 10.1 Å².